The Morgan fingerprint density at radius 1 is 1.18 bits per heavy atom. The second kappa shape index (κ2) is 7.75. The van der Waals surface area contributed by atoms with Crippen molar-refractivity contribution in [1.82, 2.24) is 19.7 Å². The number of methoxy groups -OCH3 is 1. The second-order valence-electron chi connectivity index (χ2n) is 5.94. The fourth-order valence-electron chi connectivity index (χ4n) is 2.65. The van der Waals surface area contributed by atoms with Crippen molar-refractivity contribution in [2.45, 2.75) is 6.42 Å². The first kappa shape index (κ1) is 17.5. The summed E-state index contributed by atoms with van der Waals surface area (Å²) in [6, 6.07) is 14.3. The Bertz CT molecular complexity index is 1010. The molecule has 0 aliphatic heterocycles. The van der Waals surface area contributed by atoms with Gasteiger partial charge in [-0.25, -0.2) is 14.6 Å². The van der Waals surface area contributed by atoms with E-state index in [9.17, 15) is 4.79 Å². The van der Waals surface area contributed by atoms with E-state index in [-0.39, 0.29) is 12.3 Å². The number of furan rings is 1. The van der Waals surface area contributed by atoms with Gasteiger partial charge in [-0.05, 0) is 35.9 Å². The number of hydrogen-bond donors (Lipinski definition) is 1. The van der Waals surface area contributed by atoms with Gasteiger partial charge in [-0.1, -0.05) is 12.1 Å². The van der Waals surface area contributed by atoms with Crippen LogP contribution in [-0.2, 0) is 11.2 Å². The highest BCUT2D eigenvalue weighted by atomic mass is 16.5. The lowest BCUT2D eigenvalue weighted by atomic mass is 10.1. The Kier molecular flexibility index (Phi) is 4.83. The van der Waals surface area contributed by atoms with Crippen LogP contribution >= 0.6 is 0 Å². The average molecular weight is 375 g/mol. The van der Waals surface area contributed by atoms with Gasteiger partial charge in [0, 0.05) is 18.5 Å². The van der Waals surface area contributed by atoms with E-state index >= 15 is 0 Å². The Hall–Kier alpha value is -3.94. The van der Waals surface area contributed by atoms with Gasteiger partial charge in [0.2, 0.25) is 5.91 Å². The predicted octanol–water partition coefficient (Wildman–Crippen LogP) is 3.11. The normalized spacial score (nSPS) is 10.6. The number of benzene rings is 1. The largest absolute Gasteiger partial charge is 0.497 e. The number of ether oxygens (including phenoxy) is 1. The van der Waals surface area contributed by atoms with Crippen molar-refractivity contribution in [3.05, 3.63) is 72.8 Å². The Morgan fingerprint density at radius 3 is 2.71 bits per heavy atom. The molecule has 0 bridgehead atoms. The van der Waals surface area contributed by atoms with Crippen molar-refractivity contribution in [1.29, 1.82) is 0 Å². The zero-order valence-corrected chi connectivity index (χ0v) is 15.1. The molecule has 0 unspecified atom stereocenters. The lowest BCUT2D eigenvalue weighted by molar-refractivity contribution is -0.115. The van der Waals surface area contributed by atoms with Crippen molar-refractivity contribution in [3.63, 3.8) is 0 Å². The summed E-state index contributed by atoms with van der Waals surface area (Å²) in [6.07, 6.45) is 5.16. The fourth-order valence-corrected chi connectivity index (χ4v) is 2.65. The Morgan fingerprint density at radius 2 is 2.04 bits per heavy atom. The van der Waals surface area contributed by atoms with Gasteiger partial charge in [0.15, 0.2) is 17.4 Å². The topological polar surface area (TPSA) is 95.1 Å². The summed E-state index contributed by atoms with van der Waals surface area (Å²) in [7, 11) is 1.60. The summed E-state index contributed by atoms with van der Waals surface area (Å²) in [5.74, 6) is 2.29. The molecule has 1 aromatic carbocycles. The number of nitrogens with zero attached hydrogens (tertiary/aromatic N) is 4. The molecule has 0 radical (unpaired) electrons. The molecule has 8 heteroatoms. The Labute approximate surface area is 160 Å². The van der Waals surface area contributed by atoms with Gasteiger partial charge in [0.1, 0.15) is 11.6 Å². The van der Waals surface area contributed by atoms with Crippen molar-refractivity contribution in [2.24, 2.45) is 0 Å². The van der Waals surface area contributed by atoms with Crippen molar-refractivity contribution in [2.75, 3.05) is 12.4 Å². The number of nitrogens with one attached hydrogen (secondary N) is 1. The summed E-state index contributed by atoms with van der Waals surface area (Å²) in [6.45, 7) is 0. The van der Waals surface area contributed by atoms with Gasteiger partial charge < -0.3 is 14.5 Å². The van der Waals surface area contributed by atoms with Gasteiger partial charge in [-0.15, -0.1) is 0 Å². The summed E-state index contributed by atoms with van der Waals surface area (Å²) >= 11 is 0. The van der Waals surface area contributed by atoms with Gasteiger partial charge in [-0.2, -0.15) is 5.10 Å². The summed E-state index contributed by atoms with van der Waals surface area (Å²) < 4.78 is 12.1. The van der Waals surface area contributed by atoms with Crippen LogP contribution < -0.4 is 10.1 Å². The molecular weight excluding hydrogens is 358 g/mol. The summed E-state index contributed by atoms with van der Waals surface area (Å²) in [4.78, 5) is 21.3. The van der Waals surface area contributed by atoms with E-state index in [1.165, 1.54) is 0 Å². The Balaban J connectivity index is 1.58. The fraction of sp³-hybridized carbons (Fsp3) is 0.100. The maximum atomic E-state index is 12.5. The van der Waals surface area contributed by atoms with E-state index in [2.05, 4.69) is 20.4 Å². The van der Waals surface area contributed by atoms with Crippen LogP contribution in [0.25, 0.3) is 17.4 Å². The minimum absolute atomic E-state index is 0.194. The third-order valence-corrected chi connectivity index (χ3v) is 3.98. The highest BCUT2D eigenvalue weighted by molar-refractivity contribution is 5.91. The first-order valence-corrected chi connectivity index (χ1v) is 8.57. The lowest BCUT2D eigenvalue weighted by Gasteiger charge is -2.09. The third-order valence-electron chi connectivity index (χ3n) is 3.98. The van der Waals surface area contributed by atoms with Gasteiger partial charge in [0.05, 0.1) is 19.8 Å². The first-order chi connectivity index (χ1) is 13.7. The number of aromatic nitrogens is 4. The van der Waals surface area contributed by atoms with Crippen LogP contribution in [0.4, 0.5) is 5.82 Å². The van der Waals surface area contributed by atoms with Crippen LogP contribution in [-0.4, -0.2) is 32.8 Å². The van der Waals surface area contributed by atoms with Crippen LogP contribution in [0.3, 0.4) is 0 Å². The maximum absolute atomic E-state index is 12.5. The molecule has 140 valence electrons. The summed E-state index contributed by atoms with van der Waals surface area (Å²) in [5.41, 5.74) is 0.867. The monoisotopic (exact) mass is 375 g/mol. The van der Waals surface area contributed by atoms with Crippen LogP contribution in [0.1, 0.15) is 5.56 Å². The molecule has 0 atom stereocenters. The maximum Gasteiger partial charge on any atom is 0.229 e. The van der Waals surface area contributed by atoms with Crippen LogP contribution in [0.15, 0.2) is 71.6 Å². The smallest absolute Gasteiger partial charge is 0.229 e. The van der Waals surface area contributed by atoms with E-state index in [1.54, 1.807) is 54.7 Å². The molecular formula is C20H17N5O3. The highest BCUT2D eigenvalue weighted by Gasteiger charge is 2.13. The molecule has 0 spiro atoms. The minimum Gasteiger partial charge on any atom is -0.497 e. The third kappa shape index (κ3) is 3.90. The molecule has 1 N–H and O–H groups in total. The molecule has 28 heavy (non-hydrogen) atoms. The van der Waals surface area contributed by atoms with E-state index in [4.69, 9.17) is 9.15 Å². The number of hydrogen-bond acceptors (Lipinski definition) is 6. The van der Waals surface area contributed by atoms with Gasteiger partial charge in [-0.3, -0.25) is 4.79 Å². The van der Waals surface area contributed by atoms with Gasteiger partial charge >= 0.3 is 0 Å². The first-order valence-electron chi connectivity index (χ1n) is 8.57. The highest BCUT2D eigenvalue weighted by Crippen LogP contribution is 2.20. The number of anilines is 1. The van der Waals surface area contributed by atoms with Crippen molar-refractivity contribution in [3.8, 4) is 23.2 Å². The number of carbonyl (C=O) groups is 1. The average Bonchev–Trinajstić information content (AvgIpc) is 3.42. The molecule has 0 saturated heterocycles. The molecule has 4 aromatic rings. The number of carbonyl (C=O) groups excluding carboxylic acids is 1. The van der Waals surface area contributed by atoms with E-state index in [0.717, 1.165) is 11.3 Å². The molecule has 0 aliphatic rings. The lowest BCUT2D eigenvalue weighted by Crippen LogP contribution is -2.16. The minimum atomic E-state index is -0.194. The molecule has 8 nitrogen and oxygen atoms in total. The van der Waals surface area contributed by atoms with Crippen LogP contribution in [0.2, 0.25) is 0 Å². The molecule has 1 amide bonds. The van der Waals surface area contributed by atoms with Crippen molar-refractivity contribution < 1.29 is 13.9 Å². The molecule has 3 aromatic heterocycles. The van der Waals surface area contributed by atoms with Crippen LogP contribution in [0.5, 0.6) is 5.75 Å². The van der Waals surface area contributed by atoms with Crippen LogP contribution in [0, 0.1) is 0 Å². The zero-order chi connectivity index (χ0) is 19.3. The summed E-state index contributed by atoms with van der Waals surface area (Å²) in [5, 5.41) is 7.00. The zero-order valence-electron chi connectivity index (χ0n) is 15.1. The van der Waals surface area contributed by atoms with Gasteiger partial charge in [0.25, 0.3) is 0 Å². The van der Waals surface area contributed by atoms with E-state index in [0.29, 0.717) is 23.2 Å². The molecule has 0 aliphatic carbocycles. The predicted molar refractivity (Wildman–Crippen MR) is 102 cm³/mol. The SMILES string of the molecule is COc1ccc(CC(=O)Nc2cc(-n3cccn3)nc(-c3ccco3)n2)cc1. The molecule has 3 heterocycles. The van der Waals surface area contributed by atoms with E-state index < -0.39 is 0 Å². The molecule has 0 saturated carbocycles. The van der Waals surface area contributed by atoms with Crippen molar-refractivity contribution >= 4 is 11.7 Å². The standard InChI is InChI=1S/C20H17N5O3/c1-27-15-7-5-14(6-8-15)12-19(26)22-17-13-18(25-10-3-9-21-25)24-20(23-17)16-4-2-11-28-16/h2-11,13H,12H2,1H3,(H,22,23,24,26). The number of rotatable bonds is 6. The quantitative estimate of drug-likeness (QED) is 0.556. The molecule has 0 fully saturated rings. The second-order valence-corrected chi connectivity index (χ2v) is 5.94. The molecule has 4 rings (SSSR count). The number of amides is 1. The van der Waals surface area contributed by atoms with E-state index in [1.807, 2.05) is 24.3 Å².